The highest BCUT2D eigenvalue weighted by Crippen LogP contribution is 2.23. The molecular weight excluding hydrogens is 324 g/mol. The van der Waals surface area contributed by atoms with Crippen LogP contribution in [0.15, 0.2) is 54.6 Å². The zero-order valence-electron chi connectivity index (χ0n) is 13.7. The molecule has 2 N–H and O–H groups in total. The van der Waals surface area contributed by atoms with Gasteiger partial charge in [0.25, 0.3) is 0 Å². The lowest BCUT2D eigenvalue weighted by atomic mass is 10.1. The standard InChI is InChI=1S/C19H22N2O2.ClH/c1-14(21-19(22)18-8-5-13-20-18)15-9-11-17(12-10-15)23-16-6-3-2-4-7-16;/h2-4,6-7,9-12,14,18,20H,5,8,13H2,1H3,(H,21,22);1H. The average Bonchev–Trinajstić information content (AvgIpc) is 3.11. The summed E-state index contributed by atoms with van der Waals surface area (Å²) in [5.74, 6) is 1.68. The minimum absolute atomic E-state index is 0. The van der Waals surface area contributed by atoms with Crippen molar-refractivity contribution in [3.63, 3.8) is 0 Å². The van der Waals surface area contributed by atoms with E-state index in [1.165, 1.54) is 0 Å². The van der Waals surface area contributed by atoms with Gasteiger partial charge >= 0.3 is 0 Å². The van der Waals surface area contributed by atoms with Crippen molar-refractivity contribution in [1.29, 1.82) is 0 Å². The van der Waals surface area contributed by atoms with E-state index in [1.807, 2.05) is 61.5 Å². The van der Waals surface area contributed by atoms with Crippen LogP contribution in [-0.2, 0) is 4.79 Å². The molecule has 2 unspecified atom stereocenters. The van der Waals surface area contributed by atoms with E-state index in [0.29, 0.717) is 0 Å². The Kier molecular flexibility index (Phi) is 6.64. The molecule has 1 saturated heterocycles. The quantitative estimate of drug-likeness (QED) is 0.865. The summed E-state index contributed by atoms with van der Waals surface area (Å²) in [4.78, 5) is 12.1. The van der Waals surface area contributed by atoms with E-state index in [9.17, 15) is 4.79 Å². The number of hydrogen-bond donors (Lipinski definition) is 2. The number of nitrogens with one attached hydrogen (secondary N) is 2. The molecule has 0 aliphatic carbocycles. The van der Waals surface area contributed by atoms with Gasteiger partial charge in [0.05, 0.1) is 12.1 Å². The van der Waals surface area contributed by atoms with Crippen molar-refractivity contribution in [3.8, 4) is 11.5 Å². The molecular formula is C19H23ClN2O2. The predicted octanol–water partition coefficient (Wildman–Crippen LogP) is 3.83. The van der Waals surface area contributed by atoms with E-state index in [1.54, 1.807) is 0 Å². The Balaban J connectivity index is 0.00000208. The summed E-state index contributed by atoms with van der Waals surface area (Å²) < 4.78 is 5.78. The molecule has 3 rings (SSSR count). The van der Waals surface area contributed by atoms with Crippen LogP contribution in [0.3, 0.4) is 0 Å². The van der Waals surface area contributed by atoms with Gasteiger partial charge in [0.15, 0.2) is 0 Å². The van der Waals surface area contributed by atoms with Gasteiger partial charge in [-0.25, -0.2) is 0 Å². The zero-order chi connectivity index (χ0) is 16.1. The van der Waals surface area contributed by atoms with Crippen LogP contribution in [0.2, 0.25) is 0 Å². The summed E-state index contributed by atoms with van der Waals surface area (Å²) in [6.45, 7) is 2.93. The van der Waals surface area contributed by atoms with Crippen molar-refractivity contribution in [2.24, 2.45) is 0 Å². The average molecular weight is 347 g/mol. The summed E-state index contributed by atoms with van der Waals surface area (Å²) in [6.07, 6.45) is 1.99. The van der Waals surface area contributed by atoms with Crippen LogP contribution in [0.4, 0.5) is 0 Å². The summed E-state index contributed by atoms with van der Waals surface area (Å²) >= 11 is 0. The van der Waals surface area contributed by atoms with E-state index in [2.05, 4.69) is 10.6 Å². The maximum absolute atomic E-state index is 12.1. The highest BCUT2D eigenvalue weighted by Gasteiger charge is 2.23. The highest BCUT2D eigenvalue weighted by atomic mass is 35.5. The van der Waals surface area contributed by atoms with E-state index >= 15 is 0 Å². The van der Waals surface area contributed by atoms with Crippen molar-refractivity contribution in [2.45, 2.75) is 31.8 Å². The molecule has 128 valence electrons. The van der Waals surface area contributed by atoms with Gasteiger partial charge in [-0.3, -0.25) is 4.79 Å². The number of benzene rings is 2. The molecule has 1 heterocycles. The van der Waals surface area contributed by atoms with E-state index in [0.717, 1.165) is 36.4 Å². The molecule has 2 atom stereocenters. The van der Waals surface area contributed by atoms with Gasteiger partial charge in [-0.1, -0.05) is 30.3 Å². The number of hydrogen-bond acceptors (Lipinski definition) is 3. The predicted molar refractivity (Wildman–Crippen MR) is 97.8 cm³/mol. The lowest BCUT2D eigenvalue weighted by molar-refractivity contribution is -0.123. The van der Waals surface area contributed by atoms with Crippen molar-refractivity contribution < 1.29 is 9.53 Å². The monoisotopic (exact) mass is 346 g/mol. The largest absolute Gasteiger partial charge is 0.457 e. The summed E-state index contributed by atoms with van der Waals surface area (Å²) in [6, 6.07) is 17.5. The number of amides is 1. The Labute approximate surface area is 149 Å². The van der Waals surface area contributed by atoms with Crippen LogP contribution < -0.4 is 15.4 Å². The molecule has 1 aliphatic rings. The molecule has 4 nitrogen and oxygen atoms in total. The first-order chi connectivity index (χ1) is 11.2. The molecule has 1 fully saturated rings. The Morgan fingerprint density at radius 2 is 1.79 bits per heavy atom. The first-order valence-electron chi connectivity index (χ1n) is 8.09. The number of para-hydroxylation sites is 1. The lowest BCUT2D eigenvalue weighted by Gasteiger charge is -2.18. The molecule has 0 radical (unpaired) electrons. The topological polar surface area (TPSA) is 50.4 Å². The van der Waals surface area contributed by atoms with Crippen molar-refractivity contribution in [3.05, 3.63) is 60.2 Å². The van der Waals surface area contributed by atoms with Crippen LogP contribution >= 0.6 is 12.4 Å². The SMILES string of the molecule is CC(NC(=O)C1CCCN1)c1ccc(Oc2ccccc2)cc1.Cl. The van der Waals surface area contributed by atoms with Crippen molar-refractivity contribution in [1.82, 2.24) is 10.6 Å². The normalized spacial score (nSPS) is 17.6. The summed E-state index contributed by atoms with van der Waals surface area (Å²) in [7, 11) is 0. The van der Waals surface area contributed by atoms with Crippen molar-refractivity contribution in [2.75, 3.05) is 6.54 Å². The second-order valence-electron chi connectivity index (χ2n) is 5.86. The fourth-order valence-electron chi connectivity index (χ4n) is 2.75. The fourth-order valence-corrected chi connectivity index (χ4v) is 2.75. The highest BCUT2D eigenvalue weighted by molar-refractivity contribution is 5.85. The van der Waals surface area contributed by atoms with Gasteiger partial charge in [-0.05, 0) is 56.1 Å². The molecule has 1 aliphatic heterocycles. The molecule has 2 aromatic carbocycles. The lowest BCUT2D eigenvalue weighted by Crippen LogP contribution is -2.41. The molecule has 0 aromatic heterocycles. The van der Waals surface area contributed by atoms with Gasteiger partial charge < -0.3 is 15.4 Å². The molecule has 24 heavy (non-hydrogen) atoms. The van der Waals surface area contributed by atoms with Gasteiger partial charge in [0.1, 0.15) is 11.5 Å². The zero-order valence-corrected chi connectivity index (χ0v) is 14.5. The molecule has 2 aromatic rings. The first kappa shape index (κ1) is 18.3. The fraction of sp³-hybridized carbons (Fsp3) is 0.316. The van der Waals surface area contributed by atoms with E-state index < -0.39 is 0 Å². The van der Waals surface area contributed by atoms with Crippen LogP contribution in [0.25, 0.3) is 0 Å². The maximum Gasteiger partial charge on any atom is 0.237 e. The van der Waals surface area contributed by atoms with Crippen LogP contribution in [0, 0.1) is 0 Å². The van der Waals surface area contributed by atoms with Crippen LogP contribution in [0.1, 0.15) is 31.4 Å². The molecule has 5 heteroatoms. The summed E-state index contributed by atoms with van der Waals surface area (Å²) in [5, 5.41) is 6.28. The second-order valence-corrected chi connectivity index (χ2v) is 5.86. The number of ether oxygens (including phenoxy) is 1. The van der Waals surface area contributed by atoms with Gasteiger partial charge in [0.2, 0.25) is 5.91 Å². The smallest absolute Gasteiger partial charge is 0.237 e. The third-order valence-corrected chi connectivity index (χ3v) is 4.09. The Morgan fingerprint density at radius 3 is 2.42 bits per heavy atom. The molecule has 0 bridgehead atoms. The van der Waals surface area contributed by atoms with E-state index in [-0.39, 0.29) is 30.4 Å². The third kappa shape index (κ3) is 4.73. The second kappa shape index (κ2) is 8.71. The Bertz CT molecular complexity index is 640. The number of carbonyl (C=O) groups excluding carboxylic acids is 1. The number of halogens is 1. The minimum atomic E-state index is -0.0434. The first-order valence-corrected chi connectivity index (χ1v) is 8.09. The molecule has 0 saturated carbocycles. The van der Waals surface area contributed by atoms with Crippen LogP contribution in [0.5, 0.6) is 11.5 Å². The number of carbonyl (C=O) groups is 1. The van der Waals surface area contributed by atoms with Gasteiger partial charge in [-0.2, -0.15) is 0 Å². The van der Waals surface area contributed by atoms with Crippen molar-refractivity contribution >= 4 is 18.3 Å². The third-order valence-electron chi connectivity index (χ3n) is 4.09. The van der Waals surface area contributed by atoms with Gasteiger partial charge in [-0.15, -0.1) is 12.4 Å². The van der Waals surface area contributed by atoms with E-state index in [4.69, 9.17) is 4.74 Å². The molecule has 1 amide bonds. The number of rotatable bonds is 5. The maximum atomic E-state index is 12.1. The Hall–Kier alpha value is -2.04. The minimum Gasteiger partial charge on any atom is -0.457 e. The summed E-state index contributed by atoms with van der Waals surface area (Å²) in [5.41, 5.74) is 1.07. The van der Waals surface area contributed by atoms with Gasteiger partial charge in [0, 0.05) is 0 Å². The van der Waals surface area contributed by atoms with Crippen LogP contribution in [-0.4, -0.2) is 18.5 Å². The molecule has 0 spiro atoms. The Morgan fingerprint density at radius 1 is 1.12 bits per heavy atom.